The third kappa shape index (κ3) is 3.27. The predicted molar refractivity (Wildman–Crippen MR) is 110 cm³/mol. The number of benzene rings is 2. The standard InChI is InChI=1S/C20H20N4S2/c1-3-7-17-21-23-19(25-17)15-11-5-10-14-13(15)9-6-12-16(14)20-24-22-18(26-20)8-4-2/h5-6,9-12H,3-4,7-8H2,1-2H3. The van der Waals surface area contributed by atoms with E-state index in [1.807, 2.05) is 0 Å². The molecule has 0 atom stereocenters. The van der Waals surface area contributed by atoms with Crippen LogP contribution < -0.4 is 0 Å². The normalized spacial score (nSPS) is 11.3. The van der Waals surface area contributed by atoms with Crippen molar-refractivity contribution in [1.82, 2.24) is 20.4 Å². The fourth-order valence-electron chi connectivity index (χ4n) is 3.04. The zero-order chi connectivity index (χ0) is 17.9. The molecule has 0 aliphatic carbocycles. The molecule has 4 rings (SSSR count). The van der Waals surface area contributed by atoms with Crippen LogP contribution in [-0.2, 0) is 12.8 Å². The summed E-state index contributed by atoms with van der Waals surface area (Å²) < 4.78 is 0. The summed E-state index contributed by atoms with van der Waals surface area (Å²) >= 11 is 3.38. The van der Waals surface area contributed by atoms with E-state index >= 15 is 0 Å². The summed E-state index contributed by atoms with van der Waals surface area (Å²) in [6.45, 7) is 4.33. The first-order valence-corrected chi connectivity index (χ1v) is 10.6. The van der Waals surface area contributed by atoms with E-state index in [-0.39, 0.29) is 0 Å². The van der Waals surface area contributed by atoms with Crippen LogP contribution in [-0.4, -0.2) is 20.4 Å². The Morgan fingerprint density at radius 3 is 1.54 bits per heavy atom. The van der Waals surface area contributed by atoms with Crippen molar-refractivity contribution in [3.05, 3.63) is 46.4 Å². The molecule has 0 saturated heterocycles. The van der Waals surface area contributed by atoms with Gasteiger partial charge in [-0.3, -0.25) is 0 Å². The van der Waals surface area contributed by atoms with Crippen molar-refractivity contribution in [3.63, 3.8) is 0 Å². The molecule has 0 spiro atoms. The predicted octanol–water partition coefficient (Wildman–Crippen LogP) is 5.78. The van der Waals surface area contributed by atoms with Gasteiger partial charge < -0.3 is 0 Å². The molecule has 0 aliphatic rings. The Morgan fingerprint density at radius 1 is 0.654 bits per heavy atom. The largest absolute Gasteiger partial charge is 0.148 e. The molecule has 0 unspecified atom stereocenters. The van der Waals surface area contributed by atoms with Gasteiger partial charge in [0.25, 0.3) is 0 Å². The molecular weight excluding hydrogens is 360 g/mol. The minimum atomic E-state index is 0.985. The number of aryl methyl sites for hydroxylation is 2. The van der Waals surface area contributed by atoms with Gasteiger partial charge in [0.15, 0.2) is 0 Å². The maximum Gasteiger partial charge on any atom is 0.148 e. The Hall–Kier alpha value is -2.18. The van der Waals surface area contributed by atoms with Gasteiger partial charge in [-0.2, -0.15) is 0 Å². The zero-order valence-electron chi connectivity index (χ0n) is 14.9. The van der Waals surface area contributed by atoms with Crippen LogP contribution in [0.25, 0.3) is 31.9 Å². The second-order valence-corrected chi connectivity index (χ2v) is 8.33. The third-order valence-corrected chi connectivity index (χ3v) is 6.28. The summed E-state index contributed by atoms with van der Waals surface area (Å²) in [5.41, 5.74) is 2.28. The van der Waals surface area contributed by atoms with Crippen LogP contribution >= 0.6 is 22.7 Å². The summed E-state index contributed by atoms with van der Waals surface area (Å²) in [5.74, 6) is 0. The molecule has 0 amide bonds. The Labute approximate surface area is 161 Å². The smallest absolute Gasteiger partial charge is 0.143 e. The molecule has 0 N–H and O–H groups in total. The lowest BCUT2D eigenvalue weighted by Crippen LogP contribution is -1.85. The highest BCUT2D eigenvalue weighted by molar-refractivity contribution is 7.15. The summed E-state index contributed by atoms with van der Waals surface area (Å²) in [7, 11) is 0. The van der Waals surface area contributed by atoms with Crippen molar-refractivity contribution in [2.75, 3.05) is 0 Å². The molecule has 0 aliphatic heterocycles. The van der Waals surface area contributed by atoms with E-state index in [0.29, 0.717) is 0 Å². The van der Waals surface area contributed by atoms with Gasteiger partial charge >= 0.3 is 0 Å². The molecule has 0 saturated carbocycles. The molecule has 0 radical (unpaired) electrons. The number of aromatic nitrogens is 4. The maximum atomic E-state index is 4.43. The quantitative estimate of drug-likeness (QED) is 0.425. The minimum absolute atomic E-state index is 0.985. The van der Waals surface area contributed by atoms with Crippen LogP contribution in [0.5, 0.6) is 0 Å². The summed E-state index contributed by atoms with van der Waals surface area (Å²) in [6.07, 6.45) is 4.15. The Kier molecular flexibility index (Phi) is 5.04. The van der Waals surface area contributed by atoms with Crippen LogP contribution in [0.3, 0.4) is 0 Å². The molecule has 4 aromatic rings. The second kappa shape index (κ2) is 7.60. The van der Waals surface area contributed by atoms with Crippen molar-refractivity contribution in [1.29, 1.82) is 0 Å². The first-order valence-electron chi connectivity index (χ1n) is 8.97. The van der Waals surface area contributed by atoms with E-state index in [4.69, 9.17) is 0 Å². The molecule has 6 heteroatoms. The number of hydrogen-bond acceptors (Lipinski definition) is 6. The molecule has 2 aromatic heterocycles. The zero-order valence-corrected chi connectivity index (χ0v) is 16.5. The average Bonchev–Trinajstić information content (AvgIpc) is 3.31. The van der Waals surface area contributed by atoms with Crippen LogP contribution in [0, 0.1) is 0 Å². The minimum Gasteiger partial charge on any atom is -0.143 e. The van der Waals surface area contributed by atoms with Crippen molar-refractivity contribution in [2.24, 2.45) is 0 Å². The van der Waals surface area contributed by atoms with E-state index in [1.165, 1.54) is 10.8 Å². The SMILES string of the molecule is CCCc1nnc(-c2cccc3c(-c4nnc(CCC)s4)cccc23)s1. The fourth-order valence-corrected chi connectivity index (χ4v) is 5.00. The molecular formula is C20H20N4S2. The lowest BCUT2D eigenvalue weighted by atomic mass is 10.0. The molecule has 0 fully saturated rings. The Balaban J connectivity index is 1.81. The highest BCUT2D eigenvalue weighted by Gasteiger charge is 2.14. The van der Waals surface area contributed by atoms with E-state index in [1.54, 1.807) is 22.7 Å². The summed E-state index contributed by atoms with van der Waals surface area (Å²) in [6, 6.07) is 12.8. The average molecular weight is 381 g/mol. The fraction of sp³-hybridized carbons (Fsp3) is 0.300. The van der Waals surface area contributed by atoms with E-state index < -0.39 is 0 Å². The molecule has 26 heavy (non-hydrogen) atoms. The van der Waals surface area contributed by atoms with Gasteiger partial charge in [-0.1, -0.05) is 72.9 Å². The van der Waals surface area contributed by atoms with Crippen LogP contribution in [0.4, 0.5) is 0 Å². The van der Waals surface area contributed by atoms with Crippen LogP contribution in [0.15, 0.2) is 36.4 Å². The third-order valence-electron chi connectivity index (χ3n) is 4.24. The highest BCUT2D eigenvalue weighted by Crippen LogP contribution is 2.36. The lowest BCUT2D eigenvalue weighted by molar-refractivity contribution is 0.879. The number of nitrogens with zero attached hydrogens (tertiary/aromatic N) is 4. The Bertz CT molecular complexity index is 952. The lowest BCUT2D eigenvalue weighted by Gasteiger charge is -2.07. The van der Waals surface area contributed by atoms with Gasteiger partial charge in [0.1, 0.15) is 20.0 Å². The molecule has 2 aromatic carbocycles. The van der Waals surface area contributed by atoms with Gasteiger partial charge in [-0.05, 0) is 23.6 Å². The Morgan fingerprint density at radius 2 is 1.12 bits per heavy atom. The van der Waals surface area contributed by atoms with Gasteiger partial charge in [-0.15, -0.1) is 20.4 Å². The van der Waals surface area contributed by atoms with Gasteiger partial charge in [0, 0.05) is 24.0 Å². The first-order chi connectivity index (χ1) is 12.8. The van der Waals surface area contributed by atoms with E-state index in [2.05, 4.69) is 70.6 Å². The van der Waals surface area contributed by atoms with Crippen LogP contribution in [0.2, 0.25) is 0 Å². The van der Waals surface area contributed by atoms with Gasteiger partial charge in [0.2, 0.25) is 0 Å². The molecule has 2 heterocycles. The van der Waals surface area contributed by atoms with Crippen molar-refractivity contribution in [2.45, 2.75) is 39.5 Å². The van der Waals surface area contributed by atoms with Crippen molar-refractivity contribution >= 4 is 33.4 Å². The van der Waals surface area contributed by atoms with Crippen LogP contribution in [0.1, 0.15) is 36.7 Å². The van der Waals surface area contributed by atoms with E-state index in [0.717, 1.165) is 56.8 Å². The van der Waals surface area contributed by atoms with Crippen molar-refractivity contribution < 1.29 is 0 Å². The molecule has 132 valence electrons. The number of rotatable bonds is 6. The summed E-state index contributed by atoms with van der Waals surface area (Å²) in [4.78, 5) is 0. The van der Waals surface area contributed by atoms with E-state index in [9.17, 15) is 0 Å². The summed E-state index contributed by atoms with van der Waals surface area (Å²) in [5, 5.41) is 24.1. The van der Waals surface area contributed by atoms with Gasteiger partial charge in [-0.25, -0.2) is 0 Å². The maximum absolute atomic E-state index is 4.43. The van der Waals surface area contributed by atoms with Gasteiger partial charge in [0.05, 0.1) is 0 Å². The first kappa shape index (κ1) is 17.2. The number of hydrogen-bond donors (Lipinski definition) is 0. The van der Waals surface area contributed by atoms with Crippen molar-refractivity contribution in [3.8, 4) is 21.1 Å². The number of fused-ring (bicyclic) bond motifs is 1. The highest BCUT2D eigenvalue weighted by atomic mass is 32.1. The second-order valence-electron chi connectivity index (χ2n) is 6.21. The monoisotopic (exact) mass is 380 g/mol. The molecule has 0 bridgehead atoms. The molecule has 4 nitrogen and oxygen atoms in total. The topological polar surface area (TPSA) is 51.6 Å².